The second-order valence-corrected chi connectivity index (χ2v) is 9.07. The summed E-state index contributed by atoms with van der Waals surface area (Å²) < 4.78 is 1.73. The number of carbonyl (C=O) groups excluding carboxylic acids is 1. The summed E-state index contributed by atoms with van der Waals surface area (Å²) in [5, 5.41) is 30.1. The third-order valence-electron chi connectivity index (χ3n) is 5.88. The molecule has 0 atom stereocenters. The molecule has 3 aromatic heterocycles. The first-order valence-electron chi connectivity index (χ1n) is 10.9. The van der Waals surface area contributed by atoms with Crippen LogP contribution >= 0.6 is 0 Å². The molecule has 3 aromatic rings. The molecule has 0 unspecified atom stereocenters. The molecule has 0 aliphatic heterocycles. The number of hydrogen-bond acceptors (Lipinski definition) is 6. The molecule has 0 aromatic carbocycles. The second kappa shape index (κ2) is 8.60. The SMILES string of the molecule is CC(C)Nc1cc(-c2ccc3cc(C#N)cnn23)ncc1C(=O)NC1CCC(C)(O)CC1. The molecule has 166 valence electrons. The Hall–Kier alpha value is -3.44. The maximum absolute atomic E-state index is 13.1. The summed E-state index contributed by atoms with van der Waals surface area (Å²) in [6, 6.07) is 9.69. The van der Waals surface area contributed by atoms with Gasteiger partial charge < -0.3 is 15.7 Å². The molecule has 8 heteroatoms. The van der Waals surface area contributed by atoms with Gasteiger partial charge >= 0.3 is 0 Å². The fourth-order valence-electron chi connectivity index (χ4n) is 4.11. The average Bonchev–Trinajstić information content (AvgIpc) is 3.18. The lowest BCUT2D eigenvalue weighted by Crippen LogP contribution is -2.42. The van der Waals surface area contributed by atoms with Crippen molar-refractivity contribution in [2.45, 2.75) is 64.1 Å². The van der Waals surface area contributed by atoms with Crippen molar-refractivity contribution < 1.29 is 9.90 Å². The van der Waals surface area contributed by atoms with E-state index in [4.69, 9.17) is 5.26 Å². The van der Waals surface area contributed by atoms with Gasteiger partial charge in [0.2, 0.25) is 0 Å². The molecule has 4 rings (SSSR count). The van der Waals surface area contributed by atoms with Crippen LogP contribution in [0.1, 0.15) is 62.4 Å². The number of carbonyl (C=O) groups is 1. The number of aromatic nitrogens is 3. The van der Waals surface area contributed by atoms with E-state index in [1.807, 2.05) is 39.0 Å². The molecule has 3 N–H and O–H groups in total. The molecule has 3 heterocycles. The van der Waals surface area contributed by atoms with Crippen molar-refractivity contribution in [2.75, 3.05) is 5.32 Å². The van der Waals surface area contributed by atoms with Gasteiger partial charge in [0.1, 0.15) is 6.07 Å². The fourth-order valence-corrected chi connectivity index (χ4v) is 4.11. The maximum Gasteiger partial charge on any atom is 0.255 e. The Bertz CT molecular complexity index is 1180. The molecule has 1 aliphatic rings. The van der Waals surface area contributed by atoms with Crippen molar-refractivity contribution in [1.29, 1.82) is 5.26 Å². The molecule has 1 aliphatic carbocycles. The largest absolute Gasteiger partial charge is 0.390 e. The van der Waals surface area contributed by atoms with E-state index >= 15 is 0 Å². The van der Waals surface area contributed by atoms with Crippen molar-refractivity contribution in [3.63, 3.8) is 0 Å². The Labute approximate surface area is 187 Å². The van der Waals surface area contributed by atoms with Gasteiger partial charge in [-0.2, -0.15) is 10.4 Å². The molecular weight excluding hydrogens is 404 g/mol. The minimum atomic E-state index is -0.642. The number of anilines is 1. The predicted octanol–water partition coefficient (Wildman–Crippen LogP) is 3.51. The molecule has 1 fully saturated rings. The third-order valence-corrected chi connectivity index (χ3v) is 5.88. The summed E-state index contributed by atoms with van der Waals surface area (Å²) in [5.41, 5.74) is 3.29. The van der Waals surface area contributed by atoms with Crippen LogP contribution < -0.4 is 10.6 Å². The van der Waals surface area contributed by atoms with Crippen molar-refractivity contribution in [3.05, 3.63) is 47.8 Å². The zero-order valence-corrected chi connectivity index (χ0v) is 18.6. The smallest absolute Gasteiger partial charge is 0.255 e. The number of aliphatic hydroxyl groups is 1. The lowest BCUT2D eigenvalue weighted by Gasteiger charge is -2.33. The number of hydrogen-bond donors (Lipinski definition) is 3. The number of fused-ring (bicyclic) bond motifs is 1. The highest BCUT2D eigenvalue weighted by Crippen LogP contribution is 2.29. The van der Waals surface area contributed by atoms with Crippen LogP contribution in [0.5, 0.6) is 0 Å². The number of rotatable bonds is 5. The van der Waals surface area contributed by atoms with Crippen LogP contribution in [-0.2, 0) is 0 Å². The summed E-state index contributed by atoms with van der Waals surface area (Å²) in [4.78, 5) is 17.6. The molecule has 0 radical (unpaired) electrons. The number of nitrogens with zero attached hydrogens (tertiary/aromatic N) is 4. The van der Waals surface area contributed by atoms with E-state index < -0.39 is 5.60 Å². The highest BCUT2D eigenvalue weighted by Gasteiger charge is 2.30. The Kier molecular flexibility index (Phi) is 5.85. The van der Waals surface area contributed by atoms with Crippen LogP contribution in [0.25, 0.3) is 16.9 Å². The van der Waals surface area contributed by atoms with Crippen molar-refractivity contribution in [2.24, 2.45) is 0 Å². The van der Waals surface area contributed by atoms with E-state index in [-0.39, 0.29) is 18.0 Å². The van der Waals surface area contributed by atoms with Crippen LogP contribution in [0.3, 0.4) is 0 Å². The minimum absolute atomic E-state index is 0.0439. The summed E-state index contributed by atoms with van der Waals surface area (Å²) in [7, 11) is 0. The van der Waals surface area contributed by atoms with E-state index in [1.54, 1.807) is 16.8 Å². The van der Waals surface area contributed by atoms with Crippen molar-refractivity contribution >= 4 is 17.1 Å². The van der Waals surface area contributed by atoms with Crippen molar-refractivity contribution in [3.8, 4) is 17.5 Å². The number of amides is 1. The molecule has 0 spiro atoms. The highest BCUT2D eigenvalue weighted by molar-refractivity contribution is 6.00. The fraction of sp³-hybridized carbons (Fsp3) is 0.417. The number of nitrogens with one attached hydrogen (secondary N) is 2. The molecular formula is C24H28N6O2. The van der Waals surface area contributed by atoms with E-state index in [9.17, 15) is 9.90 Å². The molecule has 8 nitrogen and oxygen atoms in total. The van der Waals surface area contributed by atoms with Gasteiger partial charge in [-0.3, -0.25) is 9.78 Å². The van der Waals surface area contributed by atoms with E-state index in [0.29, 0.717) is 35.3 Å². The van der Waals surface area contributed by atoms with Crippen molar-refractivity contribution in [1.82, 2.24) is 19.9 Å². The van der Waals surface area contributed by atoms with Gasteiger partial charge in [-0.1, -0.05) is 0 Å². The first kappa shape index (κ1) is 21.8. The molecule has 0 bridgehead atoms. The van der Waals surface area contributed by atoms with E-state index in [1.165, 1.54) is 6.20 Å². The van der Waals surface area contributed by atoms with Crippen LogP contribution in [0, 0.1) is 11.3 Å². The monoisotopic (exact) mass is 432 g/mol. The molecule has 0 saturated heterocycles. The zero-order valence-electron chi connectivity index (χ0n) is 18.6. The quantitative estimate of drug-likeness (QED) is 0.568. The zero-order chi connectivity index (χ0) is 22.9. The summed E-state index contributed by atoms with van der Waals surface area (Å²) in [5.74, 6) is -0.171. The molecule has 1 amide bonds. The Morgan fingerprint density at radius 1 is 1.28 bits per heavy atom. The predicted molar refractivity (Wildman–Crippen MR) is 122 cm³/mol. The molecule has 32 heavy (non-hydrogen) atoms. The van der Waals surface area contributed by atoms with Crippen LogP contribution in [-0.4, -0.2) is 43.3 Å². The Morgan fingerprint density at radius 2 is 2.03 bits per heavy atom. The van der Waals surface area contributed by atoms with Gasteiger partial charge in [-0.05, 0) is 70.7 Å². The second-order valence-electron chi connectivity index (χ2n) is 9.07. The average molecular weight is 433 g/mol. The van der Waals surface area contributed by atoms with Gasteiger partial charge in [0.15, 0.2) is 0 Å². The topological polar surface area (TPSA) is 115 Å². The van der Waals surface area contributed by atoms with Gasteiger partial charge in [-0.15, -0.1) is 0 Å². The number of pyridine rings is 1. The highest BCUT2D eigenvalue weighted by atomic mass is 16.3. The summed E-state index contributed by atoms with van der Waals surface area (Å²) in [6.45, 7) is 5.88. The lowest BCUT2D eigenvalue weighted by atomic mass is 9.83. The van der Waals surface area contributed by atoms with E-state index in [0.717, 1.165) is 24.1 Å². The summed E-state index contributed by atoms with van der Waals surface area (Å²) >= 11 is 0. The van der Waals surface area contributed by atoms with Crippen LogP contribution in [0.2, 0.25) is 0 Å². The van der Waals surface area contributed by atoms with Crippen LogP contribution in [0.4, 0.5) is 5.69 Å². The molecule has 1 saturated carbocycles. The van der Waals surface area contributed by atoms with Gasteiger partial charge in [0.25, 0.3) is 5.91 Å². The summed E-state index contributed by atoms with van der Waals surface area (Å²) in [6.07, 6.45) is 5.97. The maximum atomic E-state index is 13.1. The van der Waals surface area contributed by atoms with Gasteiger partial charge in [0.05, 0.1) is 45.5 Å². The van der Waals surface area contributed by atoms with Gasteiger partial charge in [-0.25, -0.2) is 4.52 Å². The standard InChI is InChI=1S/C24H28N6O2/c1-15(2)28-20-11-21(22-5-4-18-10-16(12-25)13-27-30(18)22)26-14-19(20)23(31)29-17-6-8-24(3,32)9-7-17/h4-5,10-11,13-15,17,32H,6-9H2,1-3H3,(H,26,28)(H,29,31). The third kappa shape index (κ3) is 4.58. The lowest BCUT2D eigenvalue weighted by molar-refractivity contribution is 0.0140. The van der Waals surface area contributed by atoms with Crippen LogP contribution in [0.15, 0.2) is 36.7 Å². The Morgan fingerprint density at radius 3 is 2.72 bits per heavy atom. The first-order valence-corrected chi connectivity index (χ1v) is 10.9. The Balaban J connectivity index is 1.62. The first-order chi connectivity index (χ1) is 15.3. The van der Waals surface area contributed by atoms with E-state index in [2.05, 4.69) is 26.8 Å². The minimum Gasteiger partial charge on any atom is -0.390 e. The normalized spacial score (nSPS) is 20.8. The number of nitriles is 1. The van der Waals surface area contributed by atoms with Gasteiger partial charge in [0, 0.05) is 18.3 Å².